The molecule has 3 nitrogen and oxygen atoms in total. The number of halogens is 3. The highest BCUT2D eigenvalue weighted by molar-refractivity contribution is 7.90. The molecule has 7 heteroatoms. The maximum Gasteiger partial charge on any atom is 0.416 e. The van der Waals surface area contributed by atoms with E-state index in [9.17, 15) is 21.6 Å². The van der Waals surface area contributed by atoms with E-state index in [1.807, 2.05) is 0 Å². The van der Waals surface area contributed by atoms with E-state index in [-0.39, 0.29) is 17.5 Å². The molecule has 1 aromatic rings. The molecule has 1 N–H and O–H groups in total. The number of sulfone groups is 1. The van der Waals surface area contributed by atoms with Gasteiger partial charge in [0.1, 0.15) is 0 Å². The van der Waals surface area contributed by atoms with Crippen LogP contribution in [0.5, 0.6) is 0 Å². The summed E-state index contributed by atoms with van der Waals surface area (Å²) in [7, 11) is -3.31. The molecular formula is C13H16F3NO2S. The molecule has 112 valence electrons. The van der Waals surface area contributed by atoms with Gasteiger partial charge in [-0.25, -0.2) is 8.42 Å². The molecule has 0 saturated carbocycles. The van der Waals surface area contributed by atoms with Crippen molar-refractivity contribution >= 4 is 9.84 Å². The molecule has 0 aliphatic carbocycles. The van der Waals surface area contributed by atoms with E-state index < -0.39 is 21.6 Å². The van der Waals surface area contributed by atoms with Crippen LogP contribution in [0.1, 0.15) is 24.0 Å². The predicted octanol–water partition coefficient (Wildman–Crippen LogP) is 2.37. The van der Waals surface area contributed by atoms with Gasteiger partial charge in [-0.2, -0.15) is 13.2 Å². The third kappa shape index (κ3) is 4.21. The fourth-order valence-corrected chi connectivity index (χ4v) is 4.02. The van der Waals surface area contributed by atoms with Crippen LogP contribution in [0.3, 0.4) is 0 Å². The Labute approximate surface area is 116 Å². The van der Waals surface area contributed by atoms with Gasteiger partial charge >= 0.3 is 6.18 Å². The summed E-state index contributed by atoms with van der Waals surface area (Å²) in [5, 5.41) is 3.10. The van der Waals surface area contributed by atoms with Crippen molar-refractivity contribution in [3.05, 3.63) is 35.4 Å². The van der Waals surface area contributed by atoms with Crippen molar-refractivity contribution in [2.75, 3.05) is 12.3 Å². The minimum absolute atomic E-state index is 0.0329. The van der Waals surface area contributed by atoms with Gasteiger partial charge in [-0.05, 0) is 37.1 Å². The molecule has 2 rings (SSSR count). The Morgan fingerprint density at radius 2 is 1.85 bits per heavy atom. The van der Waals surface area contributed by atoms with Gasteiger partial charge in [0, 0.05) is 6.04 Å². The SMILES string of the molecule is O=S(=O)(Cc1ccc(C(F)(F)F)cc1)CC1CCCN1. The van der Waals surface area contributed by atoms with Crippen LogP contribution in [0.4, 0.5) is 13.2 Å². The molecular weight excluding hydrogens is 291 g/mol. The molecule has 1 saturated heterocycles. The number of hydrogen-bond acceptors (Lipinski definition) is 3. The van der Waals surface area contributed by atoms with E-state index in [4.69, 9.17) is 0 Å². The quantitative estimate of drug-likeness (QED) is 0.929. The van der Waals surface area contributed by atoms with Gasteiger partial charge in [0.05, 0.1) is 17.1 Å². The standard InChI is InChI=1S/C13H16F3NO2S/c14-13(15,16)11-5-3-10(4-6-11)8-20(18,19)9-12-2-1-7-17-12/h3-6,12,17H,1-2,7-9H2. The van der Waals surface area contributed by atoms with Crippen LogP contribution in [0, 0.1) is 0 Å². The van der Waals surface area contributed by atoms with Gasteiger partial charge in [-0.3, -0.25) is 0 Å². The van der Waals surface area contributed by atoms with Crippen molar-refractivity contribution in [1.82, 2.24) is 5.32 Å². The Kier molecular flexibility index (Phi) is 4.39. The highest BCUT2D eigenvalue weighted by Gasteiger charge is 2.30. The Hall–Kier alpha value is -1.08. The van der Waals surface area contributed by atoms with E-state index in [1.165, 1.54) is 12.1 Å². The molecule has 0 spiro atoms. The summed E-state index contributed by atoms with van der Waals surface area (Å²) in [6.45, 7) is 0.820. The Balaban J connectivity index is 2.01. The van der Waals surface area contributed by atoms with Crippen LogP contribution in [0.25, 0.3) is 0 Å². The molecule has 0 bridgehead atoms. The molecule has 1 fully saturated rings. The molecule has 1 aromatic carbocycles. The highest BCUT2D eigenvalue weighted by Crippen LogP contribution is 2.29. The fraction of sp³-hybridized carbons (Fsp3) is 0.538. The lowest BCUT2D eigenvalue weighted by Crippen LogP contribution is -2.30. The van der Waals surface area contributed by atoms with Gasteiger partial charge in [0.25, 0.3) is 0 Å². The zero-order chi connectivity index (χ0) is 14.8. The van der Waals surface area contributed by atoms with E-state index in [0.29, 0.717) is 5.56 Å². The van der Waals surface area contributed by atoms with Crippen LogP contribution in [0.15, 0.2) is 24.3 Å². The van der Waals surface area contributed by atoms with Crippen LogP contribution < -0.4 is 5.32 Å². The zero-order valence-corrected chi connectivity index (χ0v) is 11.6. The summed E-state index contributed by atoms with van der Waals surface area (Å²) < 4.78 is 61.2. The maximum atomic E-state index is 12.4. The molecule has 1 heterocycles. The van der Waals surface area contributed by atoms with Crippen molar-refractivity contribution in [2.45, 2.75) is 30.8 Å². The van der Waals surface area contributed by atoms with Crippen LogP contribution in [-0.2, 0) is 21.8 Å². The van der Waals surface area contributed by atoms with E-state index in [0.717, 1.165) is 31.5 Å². The third-order valence-corrected chi connectivity index (χ3v) is 4.97. The second-order valence-electron chi connectivity index (χ2n) is 5.04. The molecule has 1 aliphatic rings. The summed E-state index contributed by atoms with van der Waals surface area (Å²) in [4.78, 5) is 0. The highest BCUT2D eigenvalue weighted by atomic mass is 32.2. The molecule has 1 atom stereocenters. The predicted molar refractivity (Wildman–Crippen MR) is 70.0 cm³/mol. The smallest absolute Gasteiger partial charge is 0.313 e. The number of nitrogens with one attached hydrogen (secondary N) is 1. The van der Waals surface area contributed by atoms with Gasteiger partial charge in [0.15, 0.2) is 9.84 Å². The lowest BCUT2D eigenvalue weighted by atomic mass is 10.1. The van der Waals surface area contributed by atoms with Gasteiger partial charge in [-0.1, -0.05) is 12.1 Å². The first kappa shape index (κ1) is 15.3. The number of rotatable bonds is 4. The number of benzene rings is 1. The molecule has 0 aromatic heterocycles. The first-order valence-corrected chi connectivity index (χ1v) is 8.18. The first-order chi connectivity index (χ1) is 9.26. The summed E-state index contributed by atoms with van der Waals surface area (Å²) in [6.07, 6.45) is -2.61. The summed E-state index contributed by atoms with van der Waals surface area (Å²) in [6, 6.07) is 4.25. The minimum Gasteiger partial charge on any atom is -0.313 e. The number of alkyl halides is 3. The largest absolute Gasteiger partial charge is 0.416 e. The second kappa shape index (κ2) is 5.73. The zero-order valence-electron chi connectivity index (χ0n) is 10.8. The van der Waals surface area contributed by atoms with Crippen molar-refractivity contribution in [2.24, 2.45) is 0 Å². The molecule has 0 radical (unpaired) electrons. The van der Waals surface area contributed by atoms with Crippen LogP contribution >= 0.6 is 0 Å². The van der Waals surface area contributed by atoms with E-state index in [1.54, 1.807) is 0 Å². The van der Waals surface area contributed by atoms with E-state index >= 15 is 0 Å². The minimum atomic E-state index is -4.40. The van der Waals surface area contributed by atoms with Gasteiger partial charge in [-0.15, -0.1) is 0 Å². The first-order valence-electron chi connectivity index (χ1n) is 6.36. The van der Waals surface area contributed by atoms with Gasteiger partial charge in [0.2, 0.25) is 0 Å². The van der Waals surface area contributed by atoms with Crippen molar-refractivity contribution < 1.29 is 21.6 Å². The van der Waals surface area contributed by atoms with Crippen LogP contribution in [0.2, 0.25) is 0 Å². The molecule has 0 amide bonds. The molecule has 1 aliphatic heterocycles. The topological polar surface area (TPSA) is 46.2 Å². The normalized spacial score (nSPS) is 20.2. The number of hydrogen-bond donors (Lipinski definition) is 1. The lowest BCUT2D eigenvalue weighted by Gasteiger charge is -2.11. The van der Waals surface area contributed by atoms with Crippen molar-refractivity contribution in [1.29, 1.82) is 0 Å². The lowest BCUT2D eigenvalue weighted by molar-refractivity contribution is -0.137. The van der Waals surface area contributed by atoms with E-state index in [2.05, 4.69) is 5.32 Å². The summed E-state index contributed by atoms with van der Waals surface area (Å²) >= 11 is 0. The Bertz CT molecular complexity index is 546. The summed E-state index contributed by atoms with van der Waals surface area (Å²) in [5.74, 6) is -0.183. The van der Waals surface area contributed by atoms with Gasteiger partial charge < -0.3 is 5.32 Å². The average Bonchev–Trinajstić information content (AvgIpc) is 2.79. The average molecular weight is 307 g/mol. The molecule has 20 heavy (non-hydrogen) atoms. The monoisotopic (exact) mass is 307 g/mol. The fourth-order valence-electron chi connectivity index (χ4n) is 2.31. The third-order valence-electron chi connectivity index (χ3n) is 3.29. The second-order valence-corrected chi connectivity index (χ2v) is 7.15. The van der Waals surface area contributed by atoms with Crippen LogP contribution in [-0.4, -0.2) is 26.8 Å². The van der Waals surface area contributed by atoms with Crippen molar-refractivity contribution in [3.8, 4) is 0 Å². The van der Waals surface area contributed by atoms with Crippen molar-refractivity contribution in [3.63, 3.8) is 0 Å². The Morgan fingerprint density at radius 1 is 1.20 bits per heavy atom. The summed E-state index contributed by atoms with van der Waals surface area (Å²) in [5.41, 5.74) is -0.382. The molecule has 1 unspecified atom stereocenters. The Morgan fingerprint density at radius 3 is 2.35 bits per heavy atom. The maximum absolute atomic E-state index is 12.4.